The predicted octanol–water partition coefficient (Wildman–Crippen LogP) is 3.58. The van der Waals surface area contributed by atoms with Crippen LogP contribution in [0.3, 0.4) is 0 Å². The van der Waals surface area contributed by atoms with Gasteiger partial charge in [-0.15, -0.1) is 0 Å². The van der Waals surface area contributed by atoms with Crippen LogP contribution in [0.15, 0.2) is 12.1 Å². The molecular formula is C14H15ClF2O3. The Morgan fingerprint density at radius 3 is 2.55 bits per heavy atom. The number of alkyl halides is 2. The number of halogens is 3. The maximum Gasteiger partial charge on any atom is 0.310 e. The molecule has 0 saturated heterocycles. The summed E-state index contributed by atoms with van der Waals surface area (Å²) in [6.07, 6.45) is -0.378. The summed E-state index contributed by atoms with van der Waals surface area (Å²) in [7, 11) is 2.73. The first-order valence-electron chi connectivity index (χ1n) is 6.17. The first kappa shape index (κ1) is 15.0. The Bertz CT molecular complexity index is 523. The van der Waals surface area contributed by atoms with Crippen LogP contribution in [-0.2, 0) is 16.0 Å². The van der Waals surface area contributed by atoms with Crippen LogP contribution in [0.25, 0.3) is 0 Å². The minimum atomic E-state index is -2.60. The number of carbonyl (C=O) groups excluding carboxylic acids is 1. The molecule has 2 rings (SSSR count). The fourth-order valence-electron chi connectivity index (χ4n) is 2.39. The van der Waals surface area contributed by atoms with E-state index in [0.29, 0.717) is 21.9 Å². The van der Waals surface area contributed by atoms with Crippen molar-refractivity contribution in [3.63, 3.8) is 0 Å². The van der Waals surface area contributed by atoms with E-state index in [0.717, 1.165) is 0 Å². The minimum absolute atomic E-state index is 0.00362. The zero-order chi connectivity index (χ0) is 14.9. The third-order valence-corrected chi connectivity index (χ3v) is 3.75. The molecule has 0 radical (unpaired) electrons. The second kappa shape index (κ2) is 5.56. The Morgan fingerprint density at radius 1 is 1.40 bits per heavy atom. The molecule has 0 amide bonds. The average molecular weight is 305 g/mol. The molecule has 20 heavy (non-hydrogen) atoms. The van der Waals surface area contributed by atoms with Gasteiger partial charge in [-0.3, -0.25) is 4.79 Å². The lowest BCUT2D eigenvalue weighted by Gasteiger charge is -2.35. The molecule has 1 aromatic rings. The molecule has 1 aromatic carbocycles. The van der Waals surface area contributed by atoms with Gasteiger partial charge in [0, 0.05) is 18.4 Å². The standard InChI is InChI=1S/C14H15ClF2O3/c1-19-12(18)5-9-3-8(4-11(15)13(9)20-2)10-6-14(16,17)7-10/h3-4,10H,5-7H2,1-2H3. The Labute approximate surface area is 120 Å². The molecule has 0 bridgehead atoms. The lowest BCUT2D eigenvalue weighted by atomic mass is 9.76. The second-order valence-electron chi connectivity index (χ2n) is 4.91. The van der Waals surface area contributed by atoms with Crippen molar-refractivity contribution in [2.24, 2.45) is 0 Å². The van der Waals surface area contributed by atoms with Gasteiger partial charge in [0.1, 0.15) is 5.75 Å². The molecule has 110 valence electrons. The fourth-order valence-corrected chi connectivity index (χ4v) is 2.72. The van der Waals surface area contributed by atoms with Crippen molar-refractivity contribution in [2.45, 2.75) is 31.1 Å². The normalized spacial score (nSPS) is 17.4. The molecule has 0 aliphatic heterocycles. The van der Waals surface area contributed by atoms with E-state index in [1.807, 2.05) is 0 Å². The number of hydrogen-bond donors (Lipinski definition) is 0. The van der Waals surface area contributed by atoms with Gasteiger partial charge in [0.15, 0.2) is 0 Å². The van der Waals surface area contributed by atoms with Crippen molar-refractivity contribution < 1.29 is 23.0 Å². The van der Waals surface area contributed by atoms with Crippen molar-refractivity contribution in [1.82, 2.24) is 0 Å². The van der Waals surface area contributed by atoms with E-state index >= 15 is 0 Å². The molecule has 0 N–H and O–H groups in total. The van der Waals surface area contributed by atoms with E-state index in [1.54, 1.807) is 12.1 Å². The zero-order valence-electron chi connectivity index (χ0n) is 11.2. The molecule has 1 saturated carbocycles. The van der Waals surface area contributed by atoms with Crippen LogP contribution < -0.4 is 4.74 Å². The molecule has 0 heterocycles. The average Bonchev–Trinajstić information content (AvgIpc) is 2.35. The number of hydrogen-bond acceptors (Lipinski definition) is 3. The third-order valence-electron chi connectivity index (χ3n) is 3.47. The van der Waals surface area contributed by atoms with E-state index < -0.39 is 11.9 Å². The van der Waals surface area contributed by atoms with Crippen LogP contribution in [-0.4, -0.2) is 26.1 Å². The van der Waals surface area contributed by atoms with Crippen LogP contribution in [0.1, 0.15) is 29.9 Å². The number of esters is 1. The van der Waals surface area contributed by atoms with Crippen molar-refractivity contribution in [2.75, 3.05) is 14.2 Å². The largest absolute Gasteiger partial charge is 0.495 e. The summed E-state index contributed by atoms with van der Waals surface area (Å²) in [5.41, 5.74) is 1.26. The summed E-state index contributed by atoms with van der Waals surface area (Å²) in [4.78, 5) is 11.4. The van der Waals surface area contributed by atoms with Gasteiger partial charge >= 0.3 is 5.97 Å². The summed E-state index contributed by atoms with van der Waals surface area (Å²) >= 11 is 6.09. The summed E-state index contributed by atoms with van der Waals surface area (Å²) in [6.45, 7) is 0. The van der Waals surface area contributed by atoms with E-state index in [-0.39, 0.29) is 25.2 Å². The Hall–Kier alpha value is -1.36. The van der Waals surface area contributed by atoms with Gasteiger partial charge in [-0.25, -0.2) is 8.78 Å². The van der Waals surface area contributed by atoms with Crippen LogP contribution in [0, 0.1) is 0 Å². The first-order valence-corrected chi connectivity index (χ1v) is 6.55. The minimum Gasteiger partial charge on any atom is -0.495 e. The zero-order valence-corrected chi connectivity index (χ0v) is 12.0. The van der Waals surface area contributed by atoms with E-state index in [4.69, 9.17) is 16.3 Å². The van der Waals surface area contributed by atoms with E-state index in [1.165, 1.54) is 14.2 Å². The predicted molar refractivity (Wildman–Crippen MR) is 70.6 cm³/mol. The lowest BCUT2D eigenvalue weighted by Crippen LogP contribution is -2.33. The highest BCUT2D eigenvalue weighted by atomic mass is 35.5. The number of carbonyl (C=O) groups is 1. The van der Waals surface area contributed by atoms with Crippen LogP contribution in [0.4, 0.5) is 8.78 Å². The first-order chi connectivity index (χ1) is 9.36. The maximum absolute atomic E-state index is 13.0. The quantitative estimate of drug-likeness (QED) is 0.798. The fraction of sp³-hybridized carbons (Fsp3) is 0.500. The van der Waals surface area contributed by atoms with Crippen LogP contribution in [0.5, 0.6) is 5.75 Å². The number of ether oxygens (including phenoxy) is 2. The molecule has 0 aromatic heterocycles. The van der Waals surface area contributed by atoms with Gasteiger partial charge in [-0.1, -0.05) is 17.7 Å². The Balaban J connectivity index is 2.29. The monoisotopic (exact) mass is 304 g/mol. The third kappa shape index (κ3) is 3.03. The number of benzene rings is 1. The van der Waals surface area contributed by atoms with Gasteiger partial charge in [-0.05, 0) is 17.5 Å². The summed E-state index contributed by atoms with van der Waals surface area (Å²) in [6, 6.07) is 3.32. The molecule has 0 spiro atoms. The number of methoxy groups -OCH3 is 2. The van der Waals surface area contributed by atoms with Crippen molar-refractivity contribution in [3.8, 4) is 5.75 Å². The molecule has 1 aliphatic carbocycles. The highest BCUT2D eigenvalue weighted by molar-refractivity contribution is 6.32. The molecule has 6 heteroatoms. The smallest absolute Gasteiger partial charge is 0.310 e. The van der Waals surface area contributed by atoms with Crippen molar-refractivity contribution in [3.05, 3.63) is 28.3 Å². The van der Waals surface area contributed by atoms with Gasteiger partial charge in [0.05, 0.1) is 25.7 Å². The maximum atomic E-state index is 13.0. The van der Waals surface area contributed by atoms with Crippen LogP contribution in [0.2, 0.25) is 5.02 Å². The van der Waals surface area contributed by atoms with Crippen molar-refractivity contribution >= 4 is 17.6 Å². The summed E-state index contributed by atoms with van der Waals surface area (Å²) in [5, 5.41) is 0.319. The lowest BCUT2D eigenvalue weighted by molar-refractivity contribution is -0.139. The molecule has 0 unspecified atom stereocenters. The summed E-state index contributed by atoms with van der Waals surface area (Å²) in [5.74, 6) is -2.88. The van der Waals surface area contributed by atoms with Gasteiger partial charge in [0.25, 0.3) is 0 Å². The molecule has 1 fully saturated rings. The topological polar surface area (TPSA) is 35.5 Å². The highest BCUT2D eigenvalue weighted by Crippen LogP contribution is 2.49. The van der Waals surface area contributed by atoms with Gasteiger partial charge in [0.2, 0.25) is 5.92 Å². The molecule has 1 aliphatic rings. The molecule has 3 nitrogen and oxygen atoms in total. The second-order valence-corrected chi connectivity index (χ2v) is 5.32. The van der Waals surface area contributed by atoms with Crippen LogP contribution >= 0.6 is 11.6 Å². The highest BCUT2D eigenvalue weighted by Gasteiger charge is 2.46. The molecular weight excluding hydrogens is 290 g/mol. The molecule has 0 atom stereocenters. The Kier molecular flexibility index (Phi) is 4.18. The van der Waals surface area contributed by atoms with Crippen molar-refractivity contribution in [1.29, 1.82) is 0 Å². The van der Waals surface area contributed by atoms with E-state index in [2.05, 4.69) is 4.74 Å². The summed E-state index contributed by atoms with van der Waals surface area (Å²) < 4.78 is 35.7. The SMILES string of the molecule is COC(=O)Cc1cc(C2CC(F)(F)C2)cc(Cl)c1OC. The number of rotatable bonds is 4. The van der Waals surface area contributed by atoms with Gasteiger partial charge < -0.3 is 9.47 Å². The Morgan fingerprint density at radius 2 is 2.05 bits per heavy atom. The van der Waals surface area contributed by atoms with Gasteiger partial charge in [-0.2, -0.15) is 0 Å². The van der Waals surface area contributed by atoms with E-state index in [9.17, 15) is 13.6 Å².